The summed E-state index contributed by atoms with van der Waals surface area (Å²) in [5.74, 6) is 0.440. The molecule has 0 radical (unpaired) electrons. The number of nitrogens with one attached hydrogen (secondary N) is 1. The van der Waals surface area contributed by atoms with Crippen LogP contribution < -0.4 is 14.8 Å². The van der Waals surface area contributed by atoms with Gasteiger partial charge in [-0.2, -0.15) is 4.31 Å². The van der Waals surface area contributed by atoms with Gasteiger partial charge in [0, 0.05) is 26.2 Å². The highest BCUT2D eigenvalue weighted by Gasteiger charge is 2.33. The molecule has 0 aliphatic carbocycles. The quantitative estimate of drug-likeness (QED) is 0.733. The van der Waals surface area contributed by atoms with Gasteiger partial charge in [-0.25, -0.2) is 8.42 Å². The Kier molecular flexibility index (Phi) is 6.07. The highest BCUT2D eigenvalue weighted by Crippen LogP contribution is 2.33. The molecule has 1 atom stereocenters. The zero-order chi connectivity index (χ0) is 22.9. The molecule has 2 amide bonds. The molecule has 10 heteroatoms. The number of benzene rings is 2. The van der Waals surface area contributed by atoms with Crippen molar-refractivity contribution in [3.63, 3.8) is 0 Å². The highest BCUT2D eigenvalue weighted by molar-refractivity contribution is 7.89. The molecule has 9 nitrogen and oxygen atoms in total. The molecule has 0 saturated carbocycles. The van der Waals surface area contributed by atoms with E-state index in [0.717, 1.165) is 0 Å². The number of piperazine rings is 1. The Morgan fingerprint density at radius 3 is 2.56 bits per heavy atom. The van der Waals surface area contributed by atoms with Crippen LogP contribution in [0.3, 0.4) is 0 Å². The SMILES string of the molecule is CCC1Oc2ccc(S(=O)(=O)N3CCN(C(=O)c4ccccc4OC)CC3)cc2NC1=O. The molecule has 0 spiro atoms. The summed E-state index contributed by atoms with van der Waals surface area (Å²) in [6.45, 7) is 2.70. The fourth-order valence-electron chi connectivity index (χ4n) is 3.83. The van der Waals surface area contributed by atoms with Crippen LogP contribution in [-0.4, -0.2) is 68.8 Å². The summed E-state index contributed by atoms with van der Waals surface area (Å²) < 4.78 is 38.6. The van der Waals surface area contributed by atoms with Crippen molar-refractivity contribution >= 4 is 27.5 Å². The maximum absolute atomic E-state index is 13.2. The van der Waals surface area contributed by atoms with E-state index in [1.165, 1.54) is 23.5 Å². The lowest BCUT2D eigenvalue weighted by atomic mass is 10.1. The van der Waals surface area contributed by atoms with Crippen molar-refractivity contribution in [2.75, 3.05) is 38.6 Å². The number of carbonyl (C=O) groups is 2. The van der Waals surface area contributed by atoms with E-state index in [4.69, 9.17) is 9.47 Å². The second kappa shape index (κ2) is 8.79. The fourth-order valence-corrected chi connectivity index (χ4v) is 5.28. The van der Waals surface area contributed by atoms with Crippen molar-refractivity contribution in [1.82, 2.24) is 9.21 Å². The molecule has 1 fully saturated rings. The maximum Gasteiger partial charge on any atom is 0.265 e. The van der Waals surface area contributed by atoms with Gasteiger partial charge < -0.3 is 19.7 Å². The molecule has 1 unspecified atom stereocenters. The van der Waals surface area contributed by atoms with Crippen LogP contribution in [0.1, 0.15) is 23.7 Å². The second-order valence-electron chi connectivity index (χ2n) is 7.56. The van der Waals surface area contributed by atoms with Crippen molar-refractivity contribution in [3.8, 4) is 11.5 Å². The summed E-state index contributed by atoms with van der Waals surface area (Å²) in [4.78, 5) is 26.6. The second-order valence-corrected chi connectivity index (χ2v) is 9.50. The first-order valence-corrected chi connectivity index (χ1v) is 11.8. The Morgan fingerprint density at radius 2 is 1.88 bits per heavy atom. The molecule has 2 heterocycles. The number of anilines is 1. The van der Waals surface area contributed by atoms with Gasteiger partial charge in [-0.1, -0.05) is 19.1 Å². The lowest BCUT2D eigenvalue weighted by Crippen LogP contribution is -2.50. The third-order valence-electron chi connectivity index (χ3n) is 5.64. The van der Waals surface area contributed by atoms with Gasteiger partial charge in [0.25, 0.3) is 11.8 Å². The molecule has 1 N–H and O–H groups in total. The van der Waals surface area contributed by atoms with E-state index >= 15 is 0 Å². The summed E-state index contributed by atoms with van der Waals surface area (Å²) >= 11 is 0. The Labute approximate surface area is 187 Å². The third kappa shape index (κ3) is 4.03. The van der Waals surface area contributed by atoms with Gasteiger partial charge in [-0.05, 0) is 36.8 Å². The zero-order valence-corrected chi connectivity index (χ0v) is 18.7. The van der Waals surface area contributed by atoms with Crippen LogP contribution in [0.2, 0.25) is 0 Å². The van der Waals surface area contributed by atoms with Gasteiger partial charge in [0.15, 0.2) is 6.10 Å². The van der Waals surface area contributed by atoms with E-state index in [1.807, 2.05) is 6.92 Å². The molecule has 32 heavy (non-hydrogen) atoms. The number of ether oxygens (including phenoxy) is 2. The van der Waals surface area contributed by atoms with Gasteiger partial charge in [0.2, 0.25) is 10.0 Å². The number of rotatable bonds is 5. The molecule has 2 aromatic rings. The van der Waals surface area contributed by atoms with E-state index in [0.29, 0.717) is 29.2 Å². The van der Waals surface area contributed by atoms with Crippen LogP contribution >= 0.6 is 0 Å². The summed E-state index contributed by atoms with van der Waals surface area (Å²) in [5, 5.41) is 2.72. The first-order chi connectivity index (χ1) is 15.3. The molecule has 0 bridgehead atoms. The lowest BCUT2D eigenvalue weighted by molar-refractivity contribution is -0.123. The minimum absolute atomic E-state index is 0.0691. The maximum atomic E-state index is 13.2. The van der Waals surface area contributed by atoms with Crippen molar-refractivity contribution in [3.05, 3.63) is 48.0 Å². The number of methoxy groups -OCH3 is 1. The number of fused-ring (bicyclic) bond motifs is 1. The molecule has 2 aliphatic heterocycles. The predicted octanol–water partition coefficient (Wildman–Crippen LogP) is 1.95. The minimum atomic E-state index is -3.79. The highest BCUT2D eigenvalue weighted by atomic mass is 32.2. The van der Waals surface area contributed by atoms with E-state index in [1.54, 1.807) is 35.2 Å². The Balaban J connectivity index is 1.47. The van der Waals surface area contributed by atoms with Crippen LogP contribution in [0.5, 0.6) is 11.5 Å². The van der Waals surface area contributed by atoms with Gasteiger partial charge in [-0.3, -0.25) is 9.59 Å². The third-order valence-corrected chi connectivity index (χ3v) is 7.54. The van der Waals surface area contributed by atoms with Crippen LogP contribution in [0.4, 0.5) is 5.69 Å². The molecule has 1 saturated heterocycles. The van der Waals surface area contributed by atoms with E-state index < -0.39 is 16.1 Å². The monoisotopic (exact) mass is 459 g/mol. The van der Waals surface area contributed by atoms with Gasteiger partial charge in [0.1, 0.15) is 11.5 Å². The van der Waals surface area contributed by atoms with E-state index in [9.17, 15) is 18.0 Å². The van der Waals surface area contributed by atoms with Gasteiger partial charge in [0.05, 0.1) is 23.3 Å². The van der Waals surface area contributed by atoms with Crippen LogP contribution in [0.15, 0.2) is 47.4 Å². The topological polar surface area (TPSA) is 105 Å². The number of sulfonamides is 1. The van der Waals surface area contributed by atoms with E-state index in [2.05, 4.69) is 5.32 Å². The van der Waals surface area contributed by atoms with Crippen molar-refractivity contribution in [2.24, 2.45) is 0 Å². The number of carbonyl (C=O) groups excluding carboxylic acids is 2. The summed E-state index contributed by atoms with van der Waals surface area (Å²) in [7, 11) is -2.29. The first-order valence-electron chi connectivity index (χ1n) is 10.4. The number of nitrogens with zero attached hydrogens (tertiary/aromatic N) is 2. The van der Waals surface area contributed by atoms with Gasteiger partial charge >= 0.3 is 0 Å². The Hall–Kier alpha value is -3.11. The molecular weight excluding hydrogens is 434 g/mol. The van der Waals surface area contributed by atoms with Gasteiger partial charge in [-0.15, -0.1) is 0 Å². The molecule has 2 aliphatic rings. The molecular formula is C22H25N3O6S. The largest absolute Gasteiger partial charge is 0.496 e. The normalized spacial score (nSPS) is 19.0. The smallest absolute Gasteiger partial charge is 0.265 e. The fraction of sp³-hybridized carbons (Fsp3) is 0.364. The van der Waals surface area contributed by atoms with Crippen molar-refractivity contribution in [2.45, 2.75) is 24.3 Å². The van der Waals surface area contributed by atoms with Crippen molar-refractivity contribution < 1.29 is 27.5 Å². The molecule has 2 aromatic carbocycles. The lowest BCUT2D eigenvalue weighted by Gasteiger charge is -2.34. The molecule has 170 valence electrons. The number of amides is 2. The summed E-state index contributed by atoms with van der Waals surface area (Å²) in [6.07, 6.45) is -0.0674. The molecule has 4 rings (SSSR count). The Morgan fingerprint density at radius 1 is 1.16 bits per heavy atom. The standard InChI is InChI=1S/C22H25N3O6S/c1-3-18-21(26)23-17-14-15(8-9-20(17)31-18)32(28,29)25-12-10-24(11-13-25)22(27)16-6-4-5-7-19(16)30-2/h4-9,14,18H,3,10-13H2,1-2H3,(H,23,26). The van der Waals surface area contributed by atoms with Crippen LogP contribution in [0, 0.1) is 0 Å². The summed E-state index contributed by atoms with van der Waals surface area (Å²) in [6, 6.07) is 11.4. The first kappa shape index (κ1) is 22.1. The number of para-hydroxylation sites is 1. The van der Waals surface area contributed by atoms with Crippen LogP contribution in [0.25, 0.3) is 0 Å². The zero-order valence-electron chi connectivity index (χ0n) is 17.9. The number of hydrogen-bond donors (Lipinski definition) is 1. The minimum Gasteiger partial charge on any atom is -0.496 e. The average Bonchev–Trinajstić information content (AvgIpc) is 2.82. The number of hydrogen-bond acceptors (Lipinski definition) is 6. The van der Waals surface area contributed by atoms with Crippen LogP contribution in [-0.2, 0) is 14.8 Å². The average molecular weight is 460 g/mol. The predicted molar refractivity (Wildman–Crippen MR) is 117 cm³/mol. The Bertz CT molecular complexity index is 1140. The van der Waals surface area contributed by atoms with E-state index in [-0.39, 0.29) is 42.9 Å². The molecule has 0 aromatic heterocycles. The van der Waals surface area contributed by atoms with Crippen molar-refractivity contribution in [1.29, 1.82) is 0 Å². The summed E-state index contributed by atoms with van der Waals surface area (Å²) in [5.41, 5.74) is 0.785.